The van der Waals surface area contributed by atoms with Crippen LogP contribution in [-0.4, -0.2) is 222 Å². The van der Waals surface area contributed by atoms with Gasteiger partial charge in [0.2, 0.25) is 76.8 Å². The van der Waals surface area contributed by atoms with Gasteiger partial charge in [0.25, 0.3) is 0 Å². The smallest absolute Gasteiger partial charge is 0.248 e. The lowest BCUT2D eigenvalue weighted by atomic mass is 10.1. The molecule has 128 heavy (non-hydrogen) atoms. The zero-order valence-corrected chi connectivity index (χ0v) is 76.1. The first kappa shape index (κ1) is 84.0. The maximum atomic E-state index is 11.5. The topological polar surface area (TPSA) is 381 Å². The molecule has 5 amide bonds. The van der Waals surface area contributed by atoms with Gasteiger partial charge in [-0.25, -0.2) is 19.9 Å². The summed E-state index contributed by atoms with van der Waals surface area (Å²) in [5.74, 6) is 1.27. The first-order valence-electron chi connectivity index (χ1n) is 44.2. The van der Waals surface area contributed by atoms with Gasteiger partial charge in [-0.05, 0) is 194 Å². The number of ether oxygens (including phenoxy) is 4. The predicted octanol–water partition coefficient (Wildman–Crippen LogP) is 11.9. The molecule has 0 atom stereocenters. The van der Waals surface area contributed by atoms with Crippen molar-refractivity contribution in [2.45, 2.75) is 65.5 Å². The Hall–Kier alpha value is -12.2. The predicted molar refractivity (Wildman–Crippen MR) is 508 cm³/mol. The van der Waals surface area contributed by atoms with Gasteiger partial charge in [-0.2, -0.15) is 19.9 Å². The number of nitrogens with zero attached hydrogens (tertiary/aromatic N) is 16. The monoisotopic (exact) mass is 1920 g/mol. The number of halogens is 1. The van der Waals surface area contributed by atoms with E-state index in [1.807, 2.05) is 59.6 Å². The highest BCUT2D eigenvalue weighted by atomic mass is 127. The molecule has 0 bridgehead atoms. The Morgan fingerprint density at radius 2 is 0.617 bits per heavy atom. The van der Waals surface area contributed by atoms with E-state index in [2.05, 4.69) is 127 Å². The third kappa shape index (κ3) is 27.9. The summed E-state index contributed by atoms with van der Waals surface area (Å²) in [7, 11) is 8.34. The summed E-state index contributed by atoms with van der Waals surface area (Å²) in [6, 6.07) is 49.8. The zero-order valence-electron chi connectivity index (χ0n) is 77.7. The average molecular weight is 1920 g/mol. The molecule has 0 unspecified atom stereocenters. The lowest BCUT2D eigenvalue weighted by Crippen LogP contribution is -2.45. The molecule has 12 aromatic rings. The third-order valence-electron chi connectivity index (χ3n) is 20.2. The molecule has 10 N–H and O–H groups in total. The van der Waals surface area contributed by atoms with Crippen molar-refractivity contribution in [1.82, 2.24) is 59.5 Å². The standard InChI is InChI=1S/C24H26N6O3S.C23H24IN5O2S.2C23H25N5O2S/c1-29-9-11-30(12-10-29)24-27-14-20(34-19-7-5-17(6-8-19)21(25)31)23(28-24)33-15-16-3-2-4-18(13-16)22(26)32;1-28-9-11-29(12-10-28)23-26-14-20(32-19-7-5-17(6-8-19)21(25)30)22(27-23)31-15-16-3-2-4-18(24)13-16;2*1-27-11-13-28(14-12-27)23-25-15-20(31-19-9-7-18(8-10-19)21(24)29)22(26-23)30-16-17-5-3-2-4-6-17/h2-8,13-14H,9-12,15H2,1H3,(H2,25,31)(H2,26,32);2-8,13-14H,9-12,15H2,1H3,(H2,25,30);2*2-10,15H,11-14,16H2,1H3,(H2,24,29)/i;;2D,3D,4D,5D,6D;16D2. The summed E-state index contributed by atoms with van der Waals surface area (Å²) in [5, 5.41) is 0. The molecule has 16 rings (SSSR count). The first-order valence-corrected chi connectivity index (χ1v) is 45.0. The number of carbonyl (C=O) groups is 5. The van der Waals surface area contributed by atoms with Crippen LogP contribution in [0.5, 0.6) is 23.5 Å². The number of nitrogens with two attached hydrogens (primary N) is 5. The van der Waals surface area contributed by atoms with Crippen LogP contribution in [0, 0.1) is 3.57 Å². The molecule has 0 saturated carbocycles. The minimum atomic E-state index is -2.08. The summed E-state index contributed by atoms with van der Waals surface area (Å²) < 4.78 is 82.2. The van der Waals surface area contributed by atoms with Crippen molar-refractivity contribution in [2.24, 2.45) is 28.7 Å². The molecule has 4 saturated heterocycles. The van der Waals surface area contributed by atoms with Gasteiger partial charge in [-0.1, -0.05) is 132 Å². The molecule has 0 spiro atoms. The van der Waals surface area contributed by atoms with Crippen LogP contribution >= 0.6 is 69.6 Å². The molecule has 8 heterocycles. The maximum absolute atomic E-state index is 11.5. The molecule has 4 fully saturated rings. The van der Waals surface area contributed by atoms with Gasteiger partial charge < -0.3 is 86.8 Å². The molecule has 4 aliphatic rings. The Labute approximate surface area is 784 Å². The van der Waals surface area contributed by atoms with Gasteiger partial charge in [0.1, 0.15) is 26.4 Å². The van der Waals surface area contributed by atoms with Crippen LogP contribution in [0.25, 0.3) is 0 Å². The normalized spacial score (nSPS) is 15.2. The Morgan fingerprint density at radius 3 is 0.922 bits per heavy atom. The van der Waals surface area contributed by atoms with Crippen molar-refractivity contribution in [3.63, 3.8) is 0 Å². The van der Waals surface area contributed by atoms with Gasteiger partial charge in [0, 0.05) is 156 Å². The van der Waals surface area contributed by atoms with E-state index in [4.69, 9.17) is 67.2 Å². The van der Waals surface area contributed by atoms with Crippen LogP contribution in [0.15, 0.2) is 270 Å². The second-order valence-corrected chi connectivity index (χ2v) is 35.4. The number of hydrogen-bond donors (Lipinski definition) is 5. The molecule has 4 aromatic heterocycles. The number of benzene rings is 8. The van der Waals surface area contributed by atoms with Gasteiger partial charge >= 0.3 is 0 Å². The molecular formula is C93H100IN21O9S4. The van der Waals surface area contributed by atoms with Gasteiger partial charge in [-0.15, -0.1) is 0 Å². The molecule has 8 aromatic carbocycles. The highest BCUT2D eigenvalue weighted by molar-refractivity contribution is 14.1. The fourth-order valence-electron chi connectivity index (χ4n) is 12.8. The number of rotatable bonds is 29. The Balaban J connectivity index is 0.000000153. The quantitative estimate of drug-likeness (QED) is 0.0272. The minimum Gasteiger partial charge on any atom is -0.472 e. The number of aromatic nitrogens is 8. The number of amides is 5. The van der Waals surface area contributed by atoms with Crippen molar-refractivity contribution < 1.29 is 52.5 Å². The van der Waals surface area contributed by atoms with E-state index in [9.17, 15) is 24.0 Å². The van der Waals surface area contributed by atoms with Gasteiger partial charge in [-0.3, -0.25) is 24.0 Å². The van der Waals surface area contributed by atoms with Crippen LogP contribution in [0.3, 0.4) is 0 Å². The number of carbonyl (C=O) groups excluding carboxylic acids is 5. The maximum Gasteiger partial charge on any atom is 0.248 e. The van der Waals surface area contributed by atoms with Crippen molar-refractivity contribution in [2.75, 3.05) is 153 Å². The second kappa shape index (κ2) is 46.5. The Bertz CT molecular complexity index is 6120. The average Bonchev–Trinajstić information content (AvgIpc) is 0.799. The SMILES string of the molecule is CN1CCN(c2ncc(Sc3ccc(C(N)=O)cc3)c(OCc3cccc(C(N)=O)c3)n2)CC1.CN1CCN(c2ncc(Sc3ccc(C(N)=O)cc3)c(OCc3cccc(I)c3)n2)CC1.[2H]C([2H])(Oc1nc(N2CCN(C)CC2)ncc1Sc1ccc(C(N)=O)cc1)c1ccccc1.[2H]c1c([2H])c([2H])c(COc2nc(N3CCN(C)CC3)ncc2Sc2ccc(C(N)=O)cc2)c([2H])c1[2H]. The van der Waals surface area contributed by atoms with E-state index >= 15 is 0 Å². The van der Waals surface area contributed by atoms with E-state index in [1.54, 1.807) is 134 Å². The van der Waals surface area contributed by atoms with Crippen molar-refractivity contribution in [3.05, 3.63) is 285 Å². The van der Waals surface area contributed by atoms with E-state index in [-0.39, 0.29) is 42.6 Å². The summed E-state index contributed by atoms with van der Waals surface area (Å²) in [6.07, 6.45) is 6.87. The highest BCUT2D eigenvalue weighted by Crippen LogP contribution is 2.40. The molecule has 30 nitrogen and oxygen atoms in total. The summed E-state index contributed by atoms with van der Waals surface area (Å²) in [6.45, 7) is 12.1. The summed E-state index contributed by atoms with van der Waals surface area (Å²) in [4.78, 5) is 118. The zero-order chi connectivity index (χ0) is 96.0. The second-order valence-electron chi connectivity index (χ2n) is 29.7. The number of primary amides is 5. The minimum absolute atomic E-state index is 0.0440. The molecule has 0 radical (unpaired) electrons. The van der Waals surface area contributed by atoms with Crippen molar-refractivity contribution in [3.8, 4) is 23.5 Å². The van der Waals surface area contributed by atoms with Gasteiger partial charge in [0.05, 0.1) is 54.0 Å². The number of piperazine rings is 4. The van der Waals surface area contributed by atoms with Crippen LogP contribution in [0.2, 0.25) is 0 Å². The van der Waals surface area contributed by atoms with E-state index in [0.29, 0.717) is 85.3 Å². The number of hydrogen-bond acceptors (Lipinski definition) is 29. The highest BCUT2D eigenvalue weighted by Gasteiger charge is 2.26. The fourth-order valence-corrected chi connectivity index (χ4v) is 16.7. The van der Waals surface area contributed by atoms with Crippen molar-refractivity contribution in [1.29, 1.82) is 0 Å². The Morgan fingerprint density at radius 1 is 0.336 bits per heavy atom. The lowest BCUT2D eigenvalue weighted by molar-refractivity contribution is 0.0991. The molecular weight excluding hydrogens is 1810 g/mol. The Kier molecular flexibility index (Phi) is 30.5. The third-order valence-corrected chi connectivity index (χ3v) is 24.9. The van der Waals surface area contributed by atoms with Crippen molar-refractivity contribution >= 4 is 123 Å². The number of likely N-dealkylation sites (N-methyl/N-ethyl adjacent to an activating group) is 4. The molecule has 35 heteroatoms. The van der Waals surface area contributed by atoms with E-state index < -0.39 is 54.2 Å². The van der Waals surface area contributed by atoms with Gasteiger partial charge in [0.15, 0.2) is 0 Å². The molecule has 0 aliphatic carbocycles. The summed E-state index contributed by atoms with van der Waals surface area (Å²) >= 11 is 7.87. The van der Waals surface area contributed by atoms with Crippen LogP contribution in [-0.2, 0) is 26.4 Å². The van der Waals surface area contributed by atoms with E-state index in [1.165, 1.54) is 47.0 Å². The van der Waals surface area contributed by atoms with Crippen LogP contribution in [0.1, 0.15) is 83.6 Å². The lowest BCUT2D eigenvalue weighted by Gasteiger charge is -2.32. The first-order chi connectivity index (χ1) is 64.8. The van der Waals surface area contributed by atoms with Crippen LogP contribution < -0.4 is 67.2 Å². The van der Waals surface area contributed by atoms with Crippen LogP contribution in [0.4, 0.5) is 23.8 Å². The van der Waals surface area contributed by atoms with E-state index in [0.717, 1.165) is 149 Å². The molecule has 4 aliphatic heterocycles. The number of anilines is 4. The fraction of sp³-hybridized carbons (Fsp3) is 0.258. The molecule has 662 valence electrons. The summed E-state index contributed by atoms with van der Waals surface area (Å²) in [5.41, 5.74) is 31.2. The largest absolute Gasteiger partial charge is 0.472 e.